The number of rotatable bonds is 3. The number of hydrogen-bond acceptors (Lipinski definition) is 2. The SMILES string of the molecule is CC(OCc1cccc(C#N)c1)C(F)(F)F. The topological polar surface area (TPSA) is 33.0 Å². The molecular formula is C11H10F3NO. The fourth-order valence-electron chi connectivity index (χ4n) is 1.05. The summed E-state index contributed by atoms with van der Waals surface area (Å²) in [6.45, 7) is 0.796. The molecule has 0 bridgehead atoms. The Hall–Kier alpha value is -1.54. The molecule has 0 aliphatic rings. The molecule has 0 aliphatic carbocycles. The van der Waals surface area contributed by atoms with Crippen molar-refractivity contribution in [3.8, 4) is 6.07 Å². The summed E-state index contributed by atoms with van der Waals surface area (Å²) in [5.41, 5.74) is 0.955. The Kier molecular flexibility index (Phi) is 3.91. The van der Waals surface area contributed by atoms with Crippen molar-refractivity contribution in [3.63, 3.8) is 0 Å². The van der Waals surface area contributed by atoms with E-state index in [1.165, 1.54) is 6.07 Å². The van der Waals surface area contributed by atoms with E-state index < -0.39 is 12.3 Å². The first kappa shape index (κ1) is 12.5. The first-order chi connectivity index (χ1) is 7.43. The van der Waals surface area contributed by atoms with Crippen molar-refractivity contribution in [3.05, 3.63) is 35.4 Å². The van der Waals surface area contributed by atoms with Crippen molar-refractivity contribution in [2.75, 3.05) is 0 Å². The van der Waals surface area contributed by atoms with Crippen molar-refractivity contribution in [1.82, 2.24) is 0 Å². The number of nitriles is 1. The fourth-order valence-corrected chi connectivity index (χ4v) is 1.05. The van der Waals surface area contributed by atoms with Gasteiger partial charge in [-0.3, -0.25) is 0 Å². The zero-order valence-corrected chi connectivity index (χ0v) is 8.58. The maximum Gasteiger partial charge on any atom is 0.414 e. The molecule has 0 spiro atoms. The molecule has 0 heterocycles. The Morgan fingerprint density at radius 3 is 2.69 bits per heavy atom. The van der Waals surface area contributed by atoms with E-state index in [0.717, 1.165) is 6.92 Å². The molecule has 1 aromatic carbocycles. The van der Waals surface area contributed by atoms with E-state index in [9.17, 15) is 13.2 Å². The Balaban J connectivity index is 2.59. The summed E-state index contributed by atoms with van der Waals surface area (Å²) in [7, 11) is 0. The van der Waals surface area contributed by atoms with Crippen LogP contribution >= 0.6 is 0 Å². The molecule has 86 valence electrons. The lowest BCUT2D eigenvalue weighted by Gasteiger charge is -2.16. The van der Waals surface area contributed by atoms with Gasteiger partial charge in [0, 0.05) is 0 Å². The summed E-state index contributed by atoms with van der Waals surface area (Å²) in [5.74, 6) is 0. The highest BCUT2D eigenvalue weighted by Gasteiger charge is 2.36. The van der Waals surface area contributed by atoms with E-state index in [1.807, 2.05) is 6.07 Å². The van der Waals surface area contributed by atoms with Crippen LogP contribution in [0.5, 0.6) is 0 Å². The molecule has 2 nitrogen and oxygen atoms in total. The van der Waals surface area contributed by atoms with Crippen molar-refractivity contribution >= 4 is 0 Å². The van der Waals surface area contributed by atoms with Crippen LogP contribution in [-0.4, -0.2) is 12.3 Å². The highest BCUT2D eigenvalue weighted by Crippen LogP contribution is 2.23. The molecule has 0 aromatic heterocycles. The van der Waals surface area contributed by atoms with Gasteiger partial charge >= 0.3 is 6.18 Å². The van der Waals surface area contributed by atoms with Crippen LogP contribution in [0.1, 0.15) is 18.1 Å². The third kappa shape index (κ3) is 3.55. The Morgan fingerprint density at radius 2 is 2.12 bits per heavy atom. The van der Waals surface area contributed by atoms with Crippen LogP contribution in [0.25, 0.3) is 0 Å². The molecule has 1 unspecified atom stereocenters. The van der Waals surface area contributed by atoms with Gasteiger partial charge in [-0.25, -0.2) is 0 Å². The molecule has 0 fully saturated rings. The predicted octanol–water partition coefficient (Wildman–Crippen LogP) is 3.03. The molecule has 5 heteroatoms. The van der Waals surface area contributed by atoms with E-state index in [1.54, 1.807) is 18.2 Å². The molecule has 16 heavy (non-hydrogen) atoms. The van der Waals surface area contributed by atoms with Crippen molar-refractivity contribution in [2.24, 2.45) is 0 Å². The van der Waals surface area contributed by atoms with E-state index >= 15 is 0 Å². The number of halogens is 3. The monoisotopic (exact) mass is 229 g/mol. The second-order valence-corrected chi connectivity index (χ2v) is 3.31. The first-order valence-electron chi connectivity index (χ1n) is 4.61. The van der Waals surface area contributed by atoms with Crippen molar-refractivity contribution in [1.29, 1.82) is 5.26 Å². The molecular weight excluding hydrogens is 219 g/mol. The van der Waals surface area contributed by atoms with Gasteiger partial charge in [-0.05, 0) is 24.6 Å². The highest BCUT2D eigenvalue weighted by atomic mass is 19.4. The van der Waals surface area contributed by atoms with Crippen LogP contribution < -0.4 is 0 Å². The summed E-state index contributed by atoms with van der Waals surface area (Å²) >= 11 is 0. The highest BCUT2D eigenvalue weighted by molar-refractivity contribution is 5.32. The fraction of sp³-hybridized carbons (Fsp3) is 0.364. The zero-order valence-electron chi connectivity index (χ0n) is 8.58. The maximum absolute atomic E-state index is 12.1. The van der Waals surface area contributed by atoms with E-state index in [4.69, 9.17) is 5.26 Å². The minimum atomic E-state index is -4.35. The molecule has 0 saturated heterocycles. The number of alkyl halides is 3. The molecule has 0 saturated carbocycles. The quantitative estimate of drug-likeness (QED) is 0.798. The minimum absolute atomic E-state index is 0.157. The summed E-state index contributed by atoms with van der Waals surface area (Å²) in [5, 5.41) is 8.60. The number of nitrogens with zero attached hydrogens (tertiary/aromatic N) is 1. The molecule has 0 amide bonds. The standard InChI is InChI=1S/C11H10F3NO/c1-8(11(12,13)14)16-7-10-4-2-3-9(5-10)6-15/h2-5,8H,7H2,1H3. The lowest BCUT2D eigenvalue weighted by Crippen LogP contribution is -2.28. The van der Waals surface area contributed by atoms with Crippen molar-refractivity contribution < 1.29 is 17.9 Å². The molecule has 1 aromatic rings. The molecule has 0 N–H and O–H groups in total. The predicted molar refractivity (Wildman–Crippen MR) is 51.5 cm³/mol. The number of ether oxygens (including phenoxy) is 1. The van der Waals surface area contributed by atoms with Gasteiger partial charge in [0.05, 0.1) is 18.2 Å². The van der Waals surface area contributed by atoms with Gasteiger partial charge in [-0.2, -0.15) is 18.4 Å². The van der Waals surface area contributed by atoms with Gasteiger partial charge in [0.15, 0.2) is 6.10 Å². The average molecular weight is 229 g/mol. The van der Waals surface area contributed by atoms with E-state index in [2.05, 4.69) is 4.74 Å². The maximum atomic E-state index is 12.1. The average Bonchev–Trinajstić information content (AvgIpc) is 2.25. The Labute approximate surface area is 91.3 Å². The van der Waals surface area contributed by atoms with E-state index in [0.29, 0.717) is 11.1 Å². The number of hydrogen-bond donors (Lipinski definition) is 0. The Morgan fingerprint density at radius 1 is 1.44 bits per heavy atom. The van der Waals surface area contributed by atoms with Gasteiger partial charge < -0.3 is 4.74 Å². The van der Waals surface area contributed by atoms with Crippen LogP contribution in [0, 0.1) is 11.3 Å². The number of benzene rings is 1. The van der Waals surface area contributed by atoms with E-state index in [-0.39, 0.29) is 6.61 Å². The summed E-state index contributed by atoms with van der Waals surface area (Å²) < 4.78 is 41.0. The zero-order chi connectivity index (χ0) is 12.2. The smallest absolute Gasteiger partial charge is 0.364 e. The van der Waals surface area contributed by atoms with Crippen LogP contribution in [0.4, 0.5) is 13.2 Å². The van der Waals surface area contributed by atoms with Gasteiger partial charge in [0.1, 0.15) is 0 Å². The molecule has 0 radical (unpaired) electrons. The summed E-state index contributed by atoms with van der Waals surface area (Å²) in [4.78, 5) is 0. The van der Waals surface area contributed by atoms with Gasteiger partial charge in [0.25, 0.3) is 0 Å². The third-order valence-corrected chi connectivity index (χ3v) is 2.02. The second-order valence-electron chi connectivity index (χ2n) is 3.31. The lowest BCUT2D eigenvalue weighted by atomic mass is 10.1. The van der Waals surface area contributed by atoms with Crippen LogP contribution in [0.15, 0.2) is 24.3 Å². The minimum Gasteiger partial charge on any atom is -0.364 e. The Bertz CT molecular complexity index is 395. The summed E-state index contributed by atoms with van der Waals surface area (Å²) in [6.07, 6.45) is -6.16. The molecule has 1 rings (SSSR count). The van der Waals surface area contributed by atoms with Crippen LogP contribution in [0.2, 0.25) is 0 Å². The first-order valence-corrected chi connectivity index (χ1v) is 4.61. The van der Waals surface area contributed by atoms with Gasteiger partial charge in [-0.15, -0.1) is 0 Å². The third-order valence-electron chi connectivity index (χ3n) is 2.02. The van der Waals surface area contributed by atoms with Crippen molar-refractivity contribution in [2.45, 2.75) is 25.8 Å². The lowest BCUT2D eigenvalue weighted by molar-refractivity contribution is -0.217. The van der Waals surface area contributed by atoms with Crippen LogP contribution in [-0.2, 0) is 11.3 Å². The largest absolute Gasteiger partial charge is 0.414 e. The van der Waals surface area contributed by atoms with Gasteiger partial charge in [-0.1, -0.05) is 12.1 Å². The molecule has 0 aliphatic heterocycles. The summed E-state index contributed by atoms with van der Waals surface area (Å²) in [6, 6.07) is 8.21. The van der Waals surface area contributed by atoms with Crippen LogP contribution in [0.3, 0.4) is 0 Å². The van der Waals surface area contributed by atoms with Gasteiger partial charge in [0.2, 0.25) is 0 Å². The normalized spacial score (nSPS) is 13.2. The molecule has 1 atom stereocenters. The second kappa shape index (κ2) is 4.99.